The summed E-state index contributed by atoms with van der Waals surface area (Å²) in [7, 11) is 0. The molecule has 2 aromatic carbocycles. The van der Waals surface area contributed by atoms with Gasteiger partial charge in [0.15, 0.2) is 0 Å². The summed E-state index contributed by atoms with van der Waals surface area (Å²) in [6.07, 6.45) is 0.883. The Bertz CT molecular complexity index is 786. The van der Waals surface area contributed by atoms with E-state index in [9.17, 15) is 9.59 Å². The van der Waals surface area contributed by atoms with Crippen LogP contribution in [0.2, 0.25) is 0 Å². The van der Waals surface area contributed by atoms with Crippen molar-refractivity contribution in [2.24, 2.45) is 0 Å². The molecule has 0 heterocycles. The number of rotatable bonds is 9. The average molecular weight is 382 g/mol. The van der Waals surface area contributed by atoms with Crippen LogP contribution in [0.4, 0.5) is 5.69 Å². The van der Waals surface area contributed by atoms with Crippen LogP contribution in [-0.4, -0.2) is 42.4 Å². The van der Waals surface area contributed by atoms with E-state index < -0.39 is 0 Å². The van der Waals surface area contributed by atoms with E-state index in [1.165, 1.54) is 12.5 Å². The van der Waals surface area contributed by atoms with Crippen LogP contribution in [0.5, 0.6) is 0 Å². The van der Waals surface area contributed by atoms with Gasteiger partial charge in [0.2, 0.25) is 5.91 Å². The van der Waals surface area contributed by atoms with Crippen LogP contribution in [0.3, 0.4) is 0 Å². The van der Waals surface area contributed by atoms with Crippen LogP contribution in [0, 0.1) is 6.92 Å². The van der Waals surface area contributed by atoms with E-state index in [4.69, 9.17) is 0 Å². The third-order valence-corrected chi connectivity index (χ3v) is 4.95. The molecule has 2 amide bonds. The summed E-state index contributed by atoms with van der Waals surface area (Å²) in [5.74, 6) is -0.276. The quantitative estimate of drug-likeness (QED) is 0.697. The maximum absolute atomic E-state index is 12.7. The van der Waals surface area contributed by atoms with E-state index in [1.807, 2.05) is 31.2 Å². The molecular formula is C23H31N3O2. The summed E-state index contributed by atoms with van der Waals surface area (Å²) in [5.41, 5.74) is 3.41. The third kappa shape index (κ3) is 6.20. The summed E-state index contributed by atoms with van der Waals surface area (Å²) in [5, 5.41) is 5.85. The van der Waals surface area contributed by atoms with Gasteiger partial charge in [-0.05, 0) is 49.7 Å². The van der Waals surface area contributed by atoms with Gasteiger partial charge in [0.25, 0.3) is 5.91 Å². The van der Waals surface area contributed by atoms with Crippen molar-refractivity contribution < 1.29 is 9.59 Å². The Morgan fingerprint density at radius 3 is 2.32 bits per heavy atom. The number of nitrogens with one attached hydrogen (secondary N) is 2. The molecule has 1 unspecified atom stereocenters. The minimum absolute atomic E-state index is 0.128. The zero-order valence-electron chi connectivity index (χ0n) is 17.3. The number of likely N-dealkylation sites (N-methyl/N-ethyl adjacent to an activating group) is 1. The predicted molar refractivity (Wildman–Crippen MR) is 115 cm³/mol. The smallest absolute Gasteiger partial charge is 0.251 e. The van der Waals surface area contributed by atoms with Crippen LogP contribution in [0.15, 0.2) is 48.5 Å². The highest BCUT2D eigenvalue weighted by atomic mass is 16.2. The van der Waals surface area contributed by atoms with Crippen LogP contribution in [0.1, 0.15) is 42.3 Å². The molecule has 0 saturated heterocycles. The largest absolute Gasteiger partial charge is 0.350 e. The molecule has 2 rings (SSSR count). The van der Waals surface area contributed by atoms with Crippen molar-refractivity contribution in [1.82, 2.24) is 10.2 Å². The second kappa shape index (κ2) is 10.6. The highest BCUT2D eigenvalue weighted by Gasteiger charge is 2.18. The van der Waals surface area contributed by atoms with Crippen LogP contribution in [0.25, 0.3) is 0 Å². The molecule has 0 spiro atoms. The highest BCUT2D eigenvalue weighted by molar-refractivity contribution is 5.97. The lowest BCUT2D eigenvalue weighted by molar-refractivity contribution is -0.114. The lowest BCUT2D eigenvalue weighted by atomic mass is 10.0. The molecule has 0 bridgehead atoms. The van der Waals surface area contributed by atoms with Crippen LogP contribution >= 0.6 is 0 Å². The van der Waals surface area contributed by atoms with Crippen molar-refractivity contribution in [3.05, 3.63) is 65.2 Å². The summed E-state index contributed by atoms with van der Waals surface area (Å²) in [6.45, 7) is 10.1. The fourth-order valence-electron chi connectivity index (χ4n) is 3.36. The van der Waals surface area contributed by atoms with Crippen LogP contribution < -0.4 is 10.6 Å². The molecule has 5 nitrogen and oxygen atoms in total. The van der Waals surface area contributed by atoms with Crippen molar-refractivity contribution in [2.75, 3.05) is 25.0 Å². The fraction of sp³-hybridized carbons (Fsp3) is 0.391. The van der Waals surface area contributed by atoms with E-state index in [-0.39, 0.29) is 17.9 Å². The summed E-state index contributed by atoms with van der Waals surface area (Å²) >= 11 is 0. The molecule has 1 atom stereocenters. The van der Waals surface area contributed by atoms with Crippen molar-refractivity contribution in [3.63, 3.8) is 0 Å². The second-order valence-corrected chi connectivity index (χ2v) is 6.99. The number of hydrogen-bond donors (Lipinski definition) is 2. The Labute approximate surface area is 168 Å². The number of carbonyl (C=O) groups excluding carboxylic acids is 2. The summed E-state index contributed by atoms with van der Waals surface area (Å²) < 4.78 is 0. The van der Waals surface area contributed by atoms with E-state index in [0.717, 1.165) is 25.1 Å². The summed E-state index contributed by atoms with van der Waals surface area (Å²) in [4.78, 5) is 26.4. The molecule has 2 aromatic rings. The van der Waals surface area contributed by atoms with Gasteiger partial charge >= 0.3 is 0 Å². The topological polar surface area (TPSA) is 61.4 Å². The Hall–Kier alpha value is -2.66. The first kappa shape index (κ1) is 21.6. The first-order chi connectivity index (χ1) is 13.4. The Morgan fingerprint density at radius 2 is 1.71 bits per heavy atom. The maximum atomic E-state index is 12.7. The maximum Gasteiger partial charge on any atom is 0.251 e. The first-order valence-electron chi connectivity index (χ1n) is 9.89. The van der Waals surface area contributed by atoms with Gasteiger partial charge in [-0.2, -0.15) is 0 Å². The van der Waals surface area contributed by atoms with Gasteiger partial charge in [-0.15, -0.1) is 0 Å². The Balaban J connectivity index is 2.09. The molecule has 5 heteroatoms. The van der Waals surface area contributed by atoms with Gasteiger partial charge in [-0.1, -0.05) is 50.2 Å². The minimum Gasteiger partial charge on any atom is -0.350 e. The fourth-order valence-corrected chi connectivity index (χ4v) is 3.36. The average Bonchev–Trinajstić information content (AvgIpc) is 2.68. The molecule has 0 radical (unpaired) electrons. The molecular weight excluding hydrogens is 350 g/mol. The van der Waals surface area contributed by atoms with Crippen molar-refractivity contribution >= 4 is 17.5 Å². The number of benzene rings is 2. The summed E-state index contributed by atoms with van der Waals surface area (Å²) in [6, 6.07) is 16.0. The highest BCUT2D eigenvalue weighted by Crippen LogP contribution is 2.17. The van der Waals surface area contributed by atoms with Crippen molar-refractivity contribution in [3.8, 4) is 0 Å². The number of amides is 2. The molecule has 0 aromatic heterocycles. The Kier molecular flexibility index (Phi) is 8.20. The van der Waals surface area contributed by atoms with Gasteiger partial charge in [0, 0.05) is 30.8 Å². The lowest BCUT2D eigenvalue weighted by Crippen LogP contribution is -2.45. The zero-order chi connectivity index (χ0) is 20.5. The van der Waals surface area contributed by atoms with Gasteiger partial charge in [0.1, 0.15) is 0 Å². The number of aryl methyl sites for hydroxylation is 1. The predicted octanol–water partition coefficient (Wildman–Crippen LogP) is 3.64. The molecule has 28 heavy (non-hydrogen) atoms. The van der Waals surface area contributed by atoms with E-state index in [0.29, 0.717) is 17.8 Å². The van der Waals surface area contributed by atoms with Gasteiger partial charge in [0.05, 0.1) is 0 Å². The second-order valence-electron chi connectivity index (χ2n) is 6.99. The number of nitrogens with zero attached hydrogens (tertiary/aromatic N) is 1. The normalized spacial score (nSPS) is 11.9. The number of carbonyl (C=O) groups is 2. The number of hydrogen-bond acceptors (Lipinski definition) is 3. The molecule has 0 aliphatic rings. The molecule has 2 N–H and O–H groups in total. The monoisotopic (exact) mass is 381 g/mol. The van der Waals surface area contributed by atoms with Gasteiger partial charge in [-0.25, -0.2) is 0 Å². The lowest BCUT2D eigenvalue weighted by Gasteiger charge is -2.30. The van der Waals surface area contributed by atoms with Gasteiger partial charge < -0.3 is 10.6 Å². The van der Waals surface area contributed by atoms with Crippen molar-refractivity contribution in [2.45, 2.75) is 40.2 Å². The third-order valence-electron chi connectivity index (χ3n) is 4.95. The Morgan fingerprint density at radius 1 is 1.04 bits per heavy atom. The molecule has 0 saturated carbocycles. The van der Waals surface area contributed by atoms with Crippen molar-refractivity contribution in [1.29, 1.82) is 0 Å². The molecule has 0 aliphatic carbocycles. The van der Waals surface area contributed by atoms with Gasteiger partial charge in [-0.3, -0.25) is 14.5 Å². The molecule has 0 fully saturated rings. The standard InChI is InChI=1S/C23H31N3O2/c1-5-26(6-2)21(14-19-10-8-7-9-11-19)16-24-23(28)20-13-12-17(3)22(15-20)25-18(4)27/h7-13,15,21H,5-6,14,16H2,1-4H3,(H,24,28)(H,25,27). The van der Waals surface area contributed by atoms with E-state index in [1.54, 1.807) is 12.1 Å². The van der Waals surface area contributed by atoms with E-state index >= 15 is 0 Å². The first-order valence-corrected chi connectivity index (χ1v) is 9.89. The zero-order valence-corrected chi connectivity index (χ0v) is 17.3. The molecule has 0 aliphatic heterocycles. The van der Waals surface area contributed by atoms with E-state index in [2.05, 4.69) is 41.5 Å². The molecule has 150 valence electrons. The number of anilines is 1. The SMILES string of the molecule is CCN(CC)C(CNC(=O)c1ccc(C)c(NC(C)=O)c1)Cc1ccccc1. The van der Waals surface area contributed by atoms with Crippen LogP contribution in [-0.2, 0) is 11.2 Å². The minimum atomic E-state index is -0.148.